The van der Waals surface area contributed by atoms with Crippen molar-refractivity contribution in [3.8, 4) is 0 Å². The van der Waals surface area contributed by atoms with E-state index in [9.17, 15) is 0 Å². The van der Waals surface area contributed by atoms with Crippen molar-refractivity contribution in [1.82, 2.24) is 0 Å². The van der Waals surface area contributed by atoms with Crippen LogP contribution in [0.25, 0.3) is 0 Å². The van der Waals surface area contributed by atoms with Crippen molar-refractivity contribution >= 4 is 5.69 Å². The molecule has 2 rings (SSSR count). The second-order valence-electron chi connectivity index (χ2n) is 6.35. The van der Waals surface area contributed by atoms with E-state index in [0.717, 1.165) is 6.54 Å². The molecular weight excluding hydrogens is 258 g/mol. The van der Waals surface area contributed by atoms with Crippen LogP contribution in [0, 0.1) is 0 Å². The van der Waals surface area contributed by atoms with Crippen LogP contribution in [-0.4, -0.2) is 7.11 Å². The van der Waals surface area contributed by atoms with Gasteiger partial charge in [0.15, 0.2) is 0 Å². The molecule has 2 aromatic carbocycles. The Hall–Kier alpha value is -1.80. The Morgan fingerprint density at radius 3 is 2.19 bits per heavy atom. The highest BCUT2D eigenvalue weighted by atomic mass is 16.5. The smallest absolute Gasteiger partial charge is 0.0716 e. The molecule has 0 radical (unpaired) electrons. The molecule has 0 heterocycles. The van der Waals surface area contributed by atoms with E-state index in [4.69, 9.17) is 4.74 Å². The molecule has 0 fully saturated rings. The van der Waals surface area contributed by atoms with Crippen molar-refractivity contribution in [2.45, 2.75) is 39.3 Å². The first-order chi connectivity index (χ1) is 10.0. The van der Waals surface area contributed by atoms with Crippen molar-refractivity contribution in [3.63, 3.8) is 0 Å². The number of hydrogen-bond donors (Lipinski definition) is 1. The van der Waals surface area contributed by atoms with Gasteiger partial charge in [-0.3, -0.25) is 0 Å². The number of hydrogen-bond acceptors (Lipinski definition) is 2. The maximum absolute atomic E-state index is 5.27. The first kappa shape index (κ1) is 15.6. The van der Waals surface area contributed by atoms with Crippen molar-refractivity contribution in [2.24, 2.45) is 0 Å². The van der Waals surface area contributed by atoms with Crippen LogP contribution in [0.5, 0.6) is 0 Å². The van der Waals surface area contributed by atoms with Gasteiger partial charge >= 0.3 is 0 Å². The van der Waals surface area contributed by atoms with Gasteiger partial charge in [-0.15, -0.1) is 0 Å². The van der Waals surface area contributed by atoms with Gasteiger partial charge in [-0.2, -0.15) is 0 Å². The van der Waals surface area contributed by atoms with E-state index in [2.05, 4.69) is 74.6 Å². The minimum atomic E-state index is 0.135. The molecule has 0 spiro atoms. The van der Waals surface area contributed by atoms with Gasteiger partial charge in [-0.1, -0.05) is 63.2 Å². The highest BCUT2D eigenvalue weighted by molar-refractivity contribution is 5.54. The molecule has 2 nitrogen and oxygen atoms in total. The topological polar surface area (TPSA) is 21.3 Å². The molecule has 1 N–H and O–H groups in total. The summed E-state index contributed by atoms with van der Waals surface area (Å²) in [5.74, 6) is 0. The first-order valence-electron chi connectivity index (χ1n) is 7.41. The van der Waals surface area contributed by atoms with Crippen molar-refractivity contribution in [3.05, 3.63) is 65.2 Å². The Morgan fingerprint density at radius 1 is 0.905 bits per heavy atom. The second-order valence-corrected chi connectivity index (χ2v) is 6.35. The van der Waals surface area contributed by atoms with Gasteiger partial charge in [0.05, 0.1) is 6.61 Å². The zero-order valence-electron chi connectivity index (χ0n) is 13.4. The second kappa shape index (κ2) is 6.77. The lowest BCUT2D eigenvalue weighted by molar-refractivity contribution is 0.184. The molecule has 0 bridgehead atoms. The number of ether oxygens (including phenoxy) is 1. The lowest BCUT2D eigenvalue weighted by atomic mass is 9.86. The van der Waals surface area contributed by atoms with E-state index in [-0.39, 0.29) is 5.41 Å². The zero-order chi connectivity index (χ0) is 15.3. The van der Waals surface area contributed by atoms with Crippen LogP contribution in [0.15, 0.2) is 48.5 Å². The summed E-state index contributed by atoms with van der Waals surface area (Å²) in [6.45, 7) is 8.19. The van der Waals surface area contributed by atoms with Crippen LogP contribution >= 0.6 is 0 Å². The van der Waals surface area contributed by atoms with Crippen LogP contribution in [0.3, 0.4) is 0 Å². The third-order valence-corrected chi connectivity index (χ3v) is 3.62. The monoisotopic (exact) mass is 283 g/mol. The van der Waals surface area contributed by atoms with Crippen LogP contribution in [-0.2, 0) is 23.3 Å². The molecule has 21 heavy (non-hydrogen) atoms. The lowest BCUT2D eigenvalue weighted by Crippen LogP contribution is -2.15. The minimum absolute atomic E-state index is 0.135. The maximum Gasteiger partial charge on any atom is 0.0716 e. The summed E-state index contributed by atoms with van der Waals surface area (Å²) in [6.07, 6.45) is 0. The maximum atomic E-state index is 5.27. The molecule has 0 aromatic heterocycles. The number of anilines is 1. The Labute approximate surface area is 128 Å². The third-order valence-electron chi connectivity index (χ3n) is 3.62. The lowest BCUT2D eigenvalue weighted by Gasteiger charge is -2.23. The summed E-state index contributed by atoms with van der Waals surface area (Å²) < 4.78 is 5.27. The molecule has 0 unspecified atom stereocenters. The predicted molar refractivity (Wildman–Crippen MR) is 89.6 cm³/mol. The van der Waals surface area contributed by atoms with E-state index in [0.29, 0.717) is 6.61 Å². The molecule has 2 aromatic rings. The number of rotatable bonds is 5. The highest BCUT2D eigenvalue weighted by Gasteiger charge is 2.17. The minimum Gasteiger partial charge on any atom is -0.381 e. The highest BCUT2D eigenvalue weighted by Crippen LogP contribution is 2.29. The molecule has 112 valence electrons. The molecule has 0 aliphatic heterocycles. The standard InChI is InChI=1S/C19H25NO/c1-19(2,3)17-11-7-8-12-18(17)20-13-15-9-5-6-10-16(15)14-21-4/h5-12,20H,13-14H2,1-4H3. The molecule has 0 saturated heterocycles. The summed E-state index contributed by atoms with van der Waals surface area (Å²) in [5, 5.41) is 3.58. The fourth-order valence-electron chi connectivity index (χ4n) is 2.51. The third kappa shape index (κ3) is 4.08. The zero-order valence-corrected chi connectivity index (χ0v) is 13.4. The normalized spacial score (nSPS) is 11.4. The summed E-state index contributed by atoms with van der Waals surface area (Å²) in [4.78, 5) is 0. The van der Waals surface area contributed by atoms with E-state index >= 15 is 0 Å². The fraction of sp³-hybridized carbons (Fsp3) is 0.368. The van der Waals surface area contributed by atoms with Crippen LogP contribution in [0.4, 0.5) is 5.69 Å². The van der Waals surface area contributed by atoms with Crippen LogP contribution in [0.1, 0.15) is 37.5 Å². The number of benzene rings is 2. The number of methoxy groups -OCH3 is 1. The molecule has 0 atom stereocenters. The molecule has 0 saturated carbocycles. The van der Waals surface area contributed by atoms with Gasteiger partial charge in [-0.25, -0.2) is 0 Å². The van der Waals surface area contributed by atoms with E-state index in [1.807, 2.05) is 0 Å². The fourth-order valence-corrected chi connectivity index (χ4v) is 2.51. The SMILES string of the molecule is COCc1ccccc1CNc1ccccc1C(C)(C)C. The van der Waals surface area contributed by atoms with Gasteiger partial charge in [0.1, 0.15) is 0 Å². The Morgan fingerprint density at radius 2 is 1.52 bits per heavy atom. The van der Waals surface area contributed by atoms with Crippen LogP contribution < -0.4 is 5.32 Å². The Kier molecular flexibility index (Phi) is 5.03. The van der Waals surface area contributed by atoms with Crippen LogP contribution in [0.2, 0.25) is 0 Å². The Balaban J connectivity index is 2.18. The molecule has 0 aliphatic carbocycles. The van der Waals surface area contributed by atoms with E-state index in [1.54, 1.807) is 7.11 Å². The molecule has 0 amide bonds. The van der Waals surface area contributed by atoms with Crippen molar-refractivity contribution < 1.29 is 4.74 Å². The summed E-state index contributed by atoms with van der Waals surface area (Å²) >= 11 is 0. The van der Waals surface area contributed by atoms with Crippen molar-refractivity contribution in [1.29, 1.82) is 0 Å². The van der Waals surface area contributed by atoms with E-state index < -0.39 is 0 Å². The van der Waals surface area contributed by atoms with Crippen molar-refractivity contribution in [2.75, 3.05) is 12.4 Å². The largest absolute Gasteiger partial charge is 0.381 e. The summed E-state index contributed by atoms with van der Waals surface area (Å²) in [7, 11) is 1.74. The van der Waals surface area contributed by atoms with Gasteiger partial charge < -0.3 is 10.1 Å². The summed E-state index contributed by atoms with van der Waals surface area (Å²) in [5.41, 5.74) is 5.20. The average Bonchev–Trinajstić information content (AvgIpc) is 2.46. The quantitative estimate of drug-likeness (QED) is 0.855. The summed E-state index contributed by atoms with van der Waals surface area (Å²) in [6, 6.07) is 16.9. The van der Waals surface area contributed by atoms with Gasteiger partial charge in [0, 0.05) is 19.3 Å². The van der Waals surface area contributed by atoms with Gasteiger partial charge in [0.25, 0.3) is 0 Å². The first-order valence-corrected chi connectivity index (χ1v) is 7.41. The number of para-hydroxylation sites is 1. The molecule has 0 aliphatic rings. The van der Waals surface area contributed by atoms with Gasteiger partial charge in [0.2, 0.25) is 0 Å². The Bertz CT molecular complexity index is 584. The molecule has 2 heteroatoms. The number of nitrogens with one attached hydrogen (secondary N) is 1. The molecular formula is C19H25NO. The predicted octanol–water partition coefficient (Wildman–Crippen LogP) is 4.74. The van der Waals surface area contributed by atoms with Gasteiger partial charge in [-0.05, 0) is 28.2 Å². The van der Waals surface area contributed by atoms with E-state index in [1.165, 1.54) is 22.4 Å². The average molecular weight is 283 g/mol.